The van der Waals surface area contributed by atoms with Crippen LogP contribution in [0.4, 0.5) is 4.79 Å². The van der Waals surface area contributed by atoms with Gasteiger partial charge in [0, 0.05) is 26.1 Å². The van der Waals surface area contributed by atoms with Gasteiger partial charge in [0.25, 0.3) is 0 Å². The van der Waals surface area contributed by atoms with Crippen LogP contribution in [0, 0.1) is 5.92 Å². The van der Waals surface area contributed by atoms with Gasteiger partial charge in [-0.3, -0.25) is 4.79 Å². The summed E-state index contributed by atoms with van der Waals surface area (Å²) in [4.78, 5) is 27.6. The van der Waals surface area contributed by atoms with Crippen molar-refractivity contribution >= 4 is 24.6 Å². The summed E-state index contributed by atoms with van der Waals surface area (Å²) < 4.78 is 5.34. The maximum Gasteiger partial charge on any atom is 0.410 e. The number of carbonyl (C=O) groups is 2. The normalized spacial score (nSPS) is 25.6. The molecule has 2 aliphatic heterocycles. The molecule has 2 rings (SSSR count). The highest BCUT2D eigenvalue weighted by atomic mass is 32.1. The maximum atomic E-state index is 12.0. The maximum absolute atomic E-state index is 12.0. The lowest BCUT2D eigenvalue weighted by atomic mass is 9.90. The number of ether oxygens (including phenoxy) is 1. The van der Waals surface area contributed by atoms with Gasteiger partial charge in [-0.1, -0.05) is 0 Å². The van der Waals surface area contributed by atoms with Crippen molar-refractivity contribution in [3.8, 4) is 0 Å². The lowest BCUT2D eigenvalue weighted by Crippen LogP contribution is -2.70. The molecule has 0 aromatic heterocycles. The first-order valence-electron chi connectivity index (χ1n) is 7.04. The van der Waals surface area contributed by atoms with Crippen molar-refractivity contribution in [2.45, 2.75) is 45.3 Å². The zero-order valence-electron chi connectivity index (χ0n) is 12.7. The second-order valence-corrected chi connectivity index (χ2v) is 7.46. The molecule has 0 N–H and O–H groups in total. The number of nitrogens with zero attached hydrogens (tertiary/aromatic N) is 2. The van der Waals surface area contributed by atoms with E-state index in [9.17, 15) is 9.59 Å². The van der Waals surface area contributed by atoms with Crippen LogP contribution in [-0.2, 0) is 9.53 Å². The molecule has 2 aliphatic rings. The SMILES string of the molecule is CC(C)(C)OC(=O)N1CC(C)(N2CC(CS)CC2=O)C1. The van der Waals surface area contributed by atoms with E-state index in [2.05, 4.69) is 12.6 Å². The summed E-state index contributed by atoms with van der Waals surface area (Å²) >= 11 is 4.27. The Balaban J connectivity index is 1.91. The molecule has 0 bridgehead atoms. The molecule has 6 heteroatoms. The molecule has 5 nitrogen and oxygen atoms in total. The molecule has 2 saturated heterocycles. The van der Waals surface area contributed by atoms with Crippen molar-refractivity contribution < 1.29 is 14.3 Å². The summed E-state index contributed by atoms with van der Waals surface area (Å²) in [5.41, 5.74) is -0.727. The largest absolute Gasteiger partial charge is 0.444 e. The molecule has 1 atom stereocenters. The first kappa shape index (κ1) is 15.5. The van der Waals surface area contributed by atoms with Gasteiger partial charge in [-0.25, -0.2) is 4.79 Å². The van der Waals surface area contributed by atoms with Gasteiger partial charge < -0.3 is 14.5 Å². The second-order valence-electron chi connectivity index (χ2n) is 7.09. The summed E-state index contributed by atoms with van der Waals surface area (Å²) in [6, 6.07) is 0. The highest BCUT2D eigenvalue weighted by Crippen LogP contribution is 2.34. The Morgan fingerprint density at radius 2 is 2.05 bits per heavy atom. The second kappa shape index (κ2) is 5.13. The number of amides is 2. The average molecular weight is 300 g/mol. The van der Waals surface area contributed by atoms with Gasteiger partial charge >= 0.3 is 6.09 Å². The van der Waals surface area contributed by atoms with Gasteiger partial charge in [-0.2, -0.15) is 12.6 Å². The van der Waals surface area contributed by atoms with Gasteiger partial charge in [-0.15, -0.1) is 0 Å². The number of hydrogen-bond donors (Lipinski definition) is 1. The Hall–Kier alpha value is -0.910. The molecule has 0 aliphatic carbocycles. The zero-order valence-corrected chi connectivity index (χ0v) is 13.6. The summed E-state index contributed by atoms with van der Waals surface area (Å²) in [6.07, 6.45) is 0.276. The number of hydrogen-bond acceptors (Lipinski definition) is 4. The standard InChI is InChI=1S/C14H24N2O3S/c1-13(2,3)19-12(18)15-8-14(4,9-15)16-6-10(7-20)5-11(16)17/h10,20H,5-9H2,1-4H3. The molecule has 114 valence electrons. The van der Waals surface area contributed by atoms with Crippen LogP contribution in [-0.4, -0.2) is 58.3 Å². The van der Waals surface area contributed by atoms with E-state index in [1.165, 1.54) is 0 Å². The lowest BCUT2D eigenvalue weighted by Gasteiger charge is -2.52. The fourth-order valence-electron chi connectivity index (χ4n) is 2.83. The van der Waals surface area contributed by atoms with E-state index < -0.39 is 5.60 Å². The Labute approximate surface area is 126 Å². The minimum atomic E-state index is -0.482. The van der Waals surface area contributed by atoms with E-state index >= 15 is 0 Å². The van der Waals surface area contributed by atoms with E-state index in [1.807, 2.05) is 32.6 Å². The van der Waals surface area contributed by atoms with Gasteiger partial charge in [0.2, 0.25) is 5.91 Å². The summed E-state index contributed by atoms with van der Waals surface area (Å²) in [6.45, 7) is 9.44. The van der Waals surface area contributed by atoms with Gasteiger partial charge in [-0.05, 0) is 39.4 Å². The predicted octanol–water partition coefficient (Wildman–Crippen LogP) is 1.77. The van der Waals surface area contributed by atoms with E-state index in [0.29, 0.717) is 25.4 Å². The van der Waals surface area contributed by atoms with Crippen molar-refractivity contribution in [2.24, 2.45) is 5.92 Å². The van der Waals surface area contributed by atoms with E-state index in [0.717, 1.165) is 12.3 Å². The lowest BCUT2D eigenvalue weighted by molar-refractivity contribution is -0.139. The van der Waals surface area contributed by atoms with Crippen LogP contribution in [0.25, 0.3) is 0 Å². The highest BCUT2D eigenvalue weighted by Gasteiger charge is 2.51. The van der Waals surface area contributed by atoms with Crippen molar-refractivity contribution in [3.05, 3.63) is 0 Å². The quantitative estimate of drug-likeness (QED) is 0.791. The fourth-order valence-corrected chi connectivity index (χ4v) is 3.07. The van der Waals surface area contributed by atoms with Gasteiger partial charge in [0.15, 0.2) is 0 Å². The fraction of sp³-hybridized carbons (Fsp3) is 0.857. The third-order valence-corrected chi connectivity index (χ3v) is 4.35. The van der Waals surface area contributed by atoms with E-state index in [1.54, 1.807) is 4.90 Å². The highest BCUT2D eigenvalue weighted by molar-refractivity contribution is 7.80. The monoisotopic (exact) mass is 300 g/mol. The molecule has 0 aromatic rings. The van der Waals surface area contributed by atoms with Crippen LogP contribution >= 0.6 is 12.6 Å². The molecule has 1 unspecified atom stereocenters. The minimum absolute atomic E-state index is 0.176. The molecule has 2 amide bonds. The third kappa shape index (κ3) is 3.05. The van der Waals surface area contributed by atoms with Crippen molar-refractivity contribution in [2.75, 3.05) is 25.4 Å². The Morgan fingerprint density at radius 1 is 1.45 bits per heavy atom. The topological polar surface area (TPSA) is 49.9 Å². The molecule has 20 heavy (non-hydrogen) atoms. The summed E-state index contributed by atoms with van der Waals surface area (Å²) in [5, 5.41) is 0. The molecule has 0 saturated carbocycles. The predicted molar refractivity (Wildman–Crippen MR) is 79.9 cm³/mol. The smallest absolute Gasteiger partial charge is 0.410 e. The Morgan fingerprint density at radius 3 is 2.50 bits per heavy atom. The molecular formula is C14H24N2O3S. The number of likely N-dealkylation sites (tertiary alicyclic amines) is 2. The van der Waals surface area contributed by atoms with Crippen LogP contribution in [0.5, 0.6) is 0 Å². The average Bonchev–Trinajstić information content (AvgIpc) is 2.64. The first-order chi connectivity index (χ1) is 9.14. The van der Waals surface area contributed by atoms with Crippen LogP contribution < -0.4 is 0 Å². The number of thiol groups is 1. The molecular weight excluding hydrogens is 276 g/mol. The Bertz CT molecular complexity index is 413. The van der Waals surface area contributed by atoms with Gasteiger partial charge in [0.05, 0.1) is 5.54 Å². The van der Waals surface area contributed by atoms with Crippen LogP contribution in [0.3, 0.4) is 0 Å². The van der Waals surface area contributed by atoms with Gasteiger partial charge in [0.1, 0.15) is 5.60 Å². The zero-order chi connectivity index (χ0) is 15.1. The van der Waals surface area contributed by atoms with Crippen molar-refractivity contribution in [1.29, 1.82) is 0 Å². The number of rotatable bonds is 2. The summed E-state index contributed by atoms with van der Waals surface area (Å²) in [7, 11) is 0. The van der Waals surface area contributed by atoms with E-state index in [-0.39, 0.29) is 17.5 Å². The minimum Gasteiger partial charge on any atom is -0.444 e. The molecule has 2 fully saturated rings. The van der Waals surface area contributed by atoms with Crippen molar-refractivity contribution in [1.82, 2.24) is 9.80 Å². The molecule has 2 heterocycles. The summed E-state index contributed by atoms with van der Waals surface area (Å²) in [5.74, 6) is 1.24. The molecule has 0 spiro atoms. The van der Waals surface area contributed by atoms with Crippen molar-refractivity contribution in [3.63, 3.8) is 0 Å². The molecule has 0 radical (unpaired) electrons. The Kier molecular flexibility index (Phi) is 3.97. The first-order valence-corrected chi connectivity index (χ1v) is 7.67. The van der Waals surface area contributed by atoms with Crippen LogP contribution in [0.15, 0.2) is 0 Å². The molecule has 0 aromatic carbocycles. The van der Waals surface area contributed by atoms with E-state index in [4.69, 9.17) is 4.74 Å². The third-order valence-electron chi connectivity index (χ3n) is 3.83. The number of carbonyl (C=O) groups excluding carboxylic acids is 2. The van der Waals surface area contributed by atoms with Crippen LogP contribution in [0.1, 0.15) is 34.1 Å². The van der Waals surface area contributed by atoms with Crippen LogP contribution in [0.2, 0.25) is 0 Å².